The van der Waals surface area contributed by atoms with Crippen LogP contribution in [0.15, 0.2) is 35.3 Å². The second-order valence-corrected chi connectivity index (χ2v) is 8.25. The van der Waals surface area contributed by atoms with Gasteiger partial charge in [-0.05, 0) is 11.5 Å². The highest BCUT2D eigenvalue weighted by atomic mass is 32.2. The fourth-order valence-corrected chi connectivity index (χ4v) is 4.81. The van der Waals surface area contributed by atoms with Gasteiger partial charge in [-0.15, -0.1) is 24.5 Å². The Hall–Kier alpha value is -1.37. The van der Waals surface area contributed by atoms with Crippen LogP contribution in [0.25, 0.3) is 10.2 Å². The van der Waals surface area contributed by atoms with E-state index < -0.39 is 0 Å². The van der Waals surface area contributed by atoms with Crippen molar-refractivity contribution in [3.8, 4) is 0 Å². The molecule has 2 aromatic heterocycles. The number of aromatic nitrogens is 2. The molecular weight excluding hydrogens is 340 g/mol. The molecule has 3 heterocycles. The first-order valence-corrected chi connectivity index (χ1v) is 9.88. The zero-order chi connectivity index (χ0) is 17.3. The van der Waals surface area contributed by atoms with Gasteiger partial charge in [0, 0.05) is 23.6 Å². The Bertz CT molecular complexity index is 836. The minimum atomic E-state index is 0.0355. The van der Waals surface area contributed by atoms with Gasteiger partial charge in [-0.25, -0.2) is 4.98 Å². The summed E-state index contributed by atoms with van der Waals surface area (Å²) in [5.41, 5.74) is 1.17. The third-order valence-electron chi connectivity index (χ3n) is 4.18. The van der Waals surface area contributed by atoms with Crippen molar-refractivity contribution in [3.05, 3.63) is 46.1 Å². The van der Waals surface area contributed by atoms with Crippen LogP contribution >= 0.6 is 23.1 Å². The van der Waals surface area contributed by atoms with Gasteiger partial charge in [-0.2, -0.15) is 0 Å². The Morgan fingerprint density at radius 3 is 2.92 bits per heavy atom. The number of fused-ring (bicyclic) bond motifs is 3. The van der Waals surface area contributed by atoms with Gasteiger partial charge in [0.15, 0.2) is 5.16 Å². The third kappa shape index (κ3) is 3.10. The molecule has 0 radical (unpaired) electrons. The molecule has 24 heavy (non-hydrogen) atoms. The Balaban J connectivity index is 2.16. The van der Waals surface area contributed by atoms with Gasteiger partial charge in [0.05, 0.1) is 18.1 Å². The van der Waals surface area contributed by atoms with E-state index in [0.29, 0.717) is 19.1 Å². The van der Waals surface area contributed by atoms with Gasteiger partial charge in [-0.3, -0.25) is 9.36 Å². The lowest BCUT2D eigenvalue weighted by molar-refractivity contribution is 0.00200. The monoisotopic (exact) mass is 362 g/mol. The van der Waals surface area contributed by atoms with Crippen LogP contribution in [0.5, 0.6) is 0 Å². The third-order valence-corrected chi connectivity index (χ3v) is 6.25. The Morgan fingerprint density at radius 1 is 1.46 bits per heavy atom. The number of hydrogen-bond donors (Lipinski definition) is 0. The van der Waals surface area contributed by atoms with E-state index >= 15 is 0 Å². The van der Waals surface area contributed by atoms with Crippen molar-refractivity contribution in [2.45, 2.75) is 44.7 Å². The topological polar surface area (TPSA) is 44.1 Å². The van der Waals surface area contributed by atoms with Crippen molar-refractivity contribution in [1.29, 1.82) is 0 Å². The van der Waals surface area contributed by atoms with Crippen molar-refractivity contribution in [3.63, 3.8) is 0 Å². The van der Waals surface area contributed by atoms with Crippen LogP contribution < -0.4 is 5.56 Å². The number of nitrogens with zero attached hydrogens (tertiary/aromatic N) is 2. The molecule has 0 unspecified atom stereocenters. The van der Waals surface area contributed by atoms with E-state index in [0.717, 1.165) is 38.0 Å². The number of thiophene rings is 1. The molecule has 0 saturated heterocycles. The summed E-state index contributed by atoms with van der Waals surface area (Å²) in [4.78, 5) is 19.8. The van der Waals surface area contributed by atoms with E-state index in [1.807, 2.05) is 6.08 Å². The first kappa shape index (κ1) is 17.5. The SMILES string of the molecule is C=CCSc1nc2sc3c(c2c(=O)n1CC=C)C[C@@H](C(C)C)OC3. The largest absolute Gasteiger partial charge is 0.372 e. The van der Waals surface area contributed by atoms with E-state index in [4.69, 9.17) is 9.72 Å². The molecule has 2 aromatic rings. The van der Waals surface area contributed by atoms with Crippen LogP contribution in [0, 0.1) is 5.92 Å². The average molecular weight is 363 g/mol. The van der Waals surface area contributed by atoms with Crippen LogP contribution in [0.4, 0.5) is 0 Å². The van der Waals surface area contributed by atoms with Crippen molar-refractivity contribution in [1.82, 2.24) is 9.55 Å². The summed E-state index contributed by atoms with van der Waals surface area (Å²) in [5.74, 6) is 1.15. The molecule has 0 saturated carbocycles. The normalized spacial score (nSPS) is 17.2. The lowest BCUT2D eigenvalue weighted by Crippen LogP contribution is -2.28. The fraction of sp³-hybridized carbons (Fsp3) is 0.444. The summed E-state index contributed by atoms with van der Waals surface area (Å²) in [5, 5.41) is 1.50. The Labute approximate surface area is 150 Å². The summed E-state index contributed by atoms with van der Waals surface area (Å²) < 4.78 is 7.67. The van der Waals surface area contributed by atoms with E-state index in [9.17, 15) is 4.79 Å². The van der Waals surface area contributed by atoms with Crippen LogP contribution in [0.1, 0.15) is 24.3 Å². The molecule has 0 aromatic carbocycles. The molecule has 128 valence electrons. The number of allylic oxidation sites excluding steroid dienone is 1. The van der Waals surface area contributed by atoms with E-state index in [2.05, 4.69) is 27.0 Å². The summed E-state index contributed by atoms with van der Waals surface area (Å²) in [7, 11) is 0. The van der Waals surface area contributed by atoms with Gasteiger partial charge >= 0.3 is 0 Å². The number of ether oxygens (including phenoxy) is 1. The Morgan fingerprint density at radius 2 is 2.25 bits per heavy atom. The Kier molecular flexibility index (Phi) is 5.27. The molecule has 1 atom stereocenters. The molecule has 0 N–H and O–H groups in total. The highest BCUT2D eigenvalue weighted by Crippen LogP contribution is 2.35. The molecule has 0 bridgehead atoms. The highest BCUT2D eigenvalue weighted by Gasteiger charge is 2.28. The quantitative estimate of drug-likeness (QED) is 0.442. The predicted molar refractivity (Wildman–Crippen MR) is 102 cm³/mol. The highest BCUT2D eigenvalue weighted by molar-refractivity contribution is 7.99. The fourth-order valence-electron chi connectivity index (χ4n) is 2.90. The van der Waals surface area contributed by atoms with Gasteiger partial charge in [-0.1, -0.05) is 37.8 Å². The van der Waals surface area contributed by atoms with E-state index in [-0.39, 0.29) is 11.7 Å². The van der Waals surface area contributed by atoms with Gasteiger partial charge in [0.25, 0.3) is 5.56 Å². The number of thioether (sulfide) groups is 1. The zero-order valence-corrected chi connectivity index (χ0v) is 15.7. The summed E-state index contributed by atoms with van der Waals surface area (Å²) in [6, 6.07) is 0. The molecule has 6 heteroatoms. The van der Waals surface area contributed by atoms with E-state index in [1.54, 1.807) is 22.0 Å². The minimum Gasteiger partial charge on any atom is -0.372 e. The maximum absolute atomic E-state index is 13.1. The van der Waals surface area contributed by atoms with Gasteiger partial charge in [0.1, 0.15) is 4.83 Å². The average Bonchev–Trinajstić information content (AvgIpc) is 2.93. The standard InChI is InChI=1S/C18H22N2O2S2/c1-5-7-20-17(21)15-12-9-13(11(3)4)22-10-14(12)24-16(15)19-18(20)23-8-6-2/h5-6,11,13H,1-2,7-10H2,3-4H3/t13-/m0/s1. The zero-order valence-electron chi connectivity index (χ0n) is 14.1. The molecule has 4 nitrogen and oxygen atoms in total. The molecule has 3 rings (SSSR count). The molecular formula is C18H22N2O2S2. The summed E-state index contributed by atoms with van der Waals surface area (Å²) in [6.45, 7) is 12.9. The van der Waals surface area contributed by atoms with Crippen LogP contribution in [0.2, 0.25) is 0 Å². The van der Waals surface area contributed by atoms with Crippen LogP contribution in [-0.2, 0) is 24.3 Å². The molecule has 0 amide bonds. The number of hydrogen-bond acceptors (Lipinski definition) is 5. The van der Waals surface area contributed by atoms with Gasteiger partial charge < -0.3 is 4.74 Å². The summed E-state index contributed by atoms with van der Waals surface area (Å²) in [6.07, 6.45) is 4.51. The molecule has 1 aliphatic rings. The molecule has 0 spiro atoms. The van der Waals surface area contributed by atoms with Crippen molar-refractivity contribution >= 4 is 33.3 Å². The molecule has 0 aliphatic carbocycles. The maximum atomic E-state index is 13.1. The number of rotatable bonds is 6. The second kappa shape index (κ2) is 7.25. The maximum Gasteiger partial charge on any atom is 0.263 e. The lowest BCUT2D eigenvalue weighted by atomic mass is 9.96. The van der Waals surface area contributed by atoms with E-state index in [1.165, 1.54) is 11.8 Å². The van der Waals surface area contributed by atoms with Crippen LogP contribution in [-0.4, -0.2) is 21.4 Å². The molecule has 1 aliphatic heterocycles. The second-order valence-electron chi connectivity index (χ2n) is 6.18. The first-order valence-electron chi connectivity index (χ1n) is 8.08. The minimum absolute atomic E-state index is 0.0355. The van der Waals surface area contributed by atoms with Crippen molar-refractivity contribution in [2.75, 3.05) is 5.75 Å². The summed E-state index contributed by atoms with van der Waals surface area (Å²) >= 11 is 3.12. The van der Waals surface area contributed by atoms with Gasteiger partial charge in [0.2, 0.25) is 0 Å². The predicted octanol–water partition coefficient (Wildman–Crippen LogP) is 4.02. The smallest absolute Gasteiger partial charge is 0.263 e. The van der Waals surface area contributed by atoms with Crippen LogP contribution in [0.3, 0.4) is 0 Å². The molecule has 0 fully saturated rings. The lowest BCUT2D eigenvalue weighted by Gasteiger charge is -2.26. The van der Waals surface area contributed by atoms with Crippen molar-refractivity contribution in [2.24, 2.45) is 5.92 Å². The van der Waals surface area contributed by atoms with Crippen molar-refractivity contribution < 1.29 is 4.74 Å². The first-order chi connectivity index (χ1) is 11.6.